The molecule has 0 aromatic heterocycles. The molecular formula is C20H27N3O4. The average Bonchev–Trinajstić information content (AvgIpc) is 2.65. The summed E-state index contributed by atoms with van der Waals surface area (Å²) in [7, 11) is 0. The van der Waals surface area contributed by atoms with Crippen LogP contribution < -0.4 is 10.8 Å². The number of hydroxylamine groups is 1. The van der Waals surface area contributed by atoms with Gasteiger partial charge in [0.25, 0.3) is 5.91 Å². The summed E-state index contributed by atoms with van der Waals surface area (Å²) >= 11 is 0. The van der Waals surface area contributed by atoms with Gasteiger partial charge in [-0.1, -0.05) is 62.4 Å². The monoisotopic (exact) mass is 373 g/mol. The van der Waals surface area contributed by atoms with Crippen molar-refractivity contribution in [3.63, 3.8) is 0 Å². The minimum absolute atomic E-state index is 0.0872. The summed E-state index contributed by atoms with van der Waals surface area (Å²) in [6.45, 7) is -0.000253. The third-order valence-electron chi connectivity index (χ3n) is 5.31. The summed E-state index contributed by atoms with van der Waals surface area (Å²) < 4.78 is 0. The Kier molecular flexibility index (Phi) is 6.58. The van der Waals surface area contributed by atoms with E-state index >= 15 is 0 Å². The molecule has 0 unspecified atom stereocenters. The van der Waals surface area contributed by atoms with E-state index in [1.807, 2.05) is 30.3 Å². The molecule has 1 heterocycles. The van der Waals surface area contributed by atoms with E-state index in [4.69, 9.17) is 4.84 Å². The lowest BCUT2D eigenvalue weighted by Crippen LogP contribution is -2.67. The number of hydrogen-bond acceptors (Lipinski definition) is 5. The molecule has 0 radical (unpaired) electrons. The molecule has 1 saturated carbocycles. The van der Waals surface area contributed by atoms with E-state index in [0.717, 1.165) is 36.1 Å². The van der Waals surface area contributed by atoms with Crippen LogP contribution in [0.4, 0.5) is 0 Å². The predicted octanol–water partition coefficient (Wildman–Crippen LogP) is 1.68. The molecule has 3 amide bonds. The maximum absolute atomic E-state index is 13.0. The van der Waals surface area contributed by atoms with Crippen LogP contribution in [0.5, 0.6) is 0 Å². The minimum Gasteiger partial charge on any atom is -0.295 e. The lowest BCUT2D eigenvalue weighted by atomic mass is 9.81. The fourth-order valence-corrected chi connectivity index (χ4v) is 3.80. The number of carbonyl (C=O) groups excluding carboxylic acids is 3. The maximum Gasteiger partial charge on any atom is 0.263 e. The number of carbonyl (C=O) groups is 3. The van der Waals surface area contributed by atoms with Gasteiger partial charge in [0.15, 0.2) is 0 Å². The highest BCUT2D eigenvalue weighted by molar-refractivity contribution is 6.05. The zero-order chi connectivity index (χ0) is 19.1. The molecule has 1 aliphatic carbocycles. The van der Waals surface area contributed by atoms with Crippen LogP contribution >= 0.6 is 0 Å². The Morgan fingerprint density at radius 2 is 1.74 bits per heavy atom. The van der Waals surface area contributed by atoms with Gasteiger partial charge < -0.3 is 0 Å². The van der Waals surface area contributed by atoms with Crippen LogP contribution in [-0.2, 0) is 25.8 Å². The highest BCUT2D eigenvalue weighted by atomic mass is 16.6. The number of rotatable bonds is 5. The van der Waals surface area contributed by atoms with Gasteiger partial charge in [0.1, 0.15) is 6.54 Å². The second-order valence-corrected chi connectivity index (χ2v) is 7.29. The van der Waals surface area contributed by atoms with Crippen LogP contribution in [-0.4, -0.2) is 41.2 Å². The van der Waals surface area contributed by atoms with Gasteiger partial charge in [0, 0.05) is 0 Å². The van der Waals surface area contributed by atoms with Crippen molar-refractivity contribution >= 4 is 17.7 Å². The maximum atomic E-state index is 13.0. The summed E-state index contributed by atoms with van der Waals surface area (Å²) in [6.07, 6.45) is 6.70. The first-order chi connectivity index (χ1) is 13.1. The molecule has 1 aromatic carbocycles. The molecule has 2 fully saturated rings. The van der Waals surface area contributed by atoms with Gasteiger partial charge in [0.05, 0.1) is 18.7 Å². The van der Waals surface area contributed by atoms with Crippen LogP contribution in [0.1, 0.15) is 50.5 Å². The Morgan fingerprint density at radius 1 is 1.07 bits per heavy atom. The third-order valence-corrected chi connectivity index (χ3v) is 5.31. The summed E-state index contributed by atoms with van der Waals surface area (Å²) in [5.41, 5.74) is 2.54. The second-order valence-electron chi connectivity index (χ2n) is 7.29. The Morgan fingerprint density at radius 3 is 2.44 bits per heavy atom. The van der Waals surface area contributed by atoms with Crippen LogP contribution in [0.25, 0.3) is 0 Å². The fraction of sp³-hybridized carbons (Fsp3) is 0.550. The smallest absolute Gasteiger partial charge is 0.263 e. The lowest BCUT2D eigenvalue weighted by molar-refractivity contribution is -0.158. The van der Waals surface area contributed by atoms with E-state index in [1.54, 1.807) is 0 Å². The van der Waals surface area contributed by atoms with Gasteiger partial charge in [-0.05, 0) is 18.4 Å². The van der Waals surface area contributed by atoms with Crippen molar-refractivity contribution in [2.45, 2.75) is 57.1 Å². The molecule has 3 rings (SSSR count). The number of amides is 3. The number of benzene rings is 1. The quantitative estimate of drug-likeness (QED) is 0.606. The molecule has 2 aliphatic rings. The van der Waals surface area contributed by atoms with E-state index < -0.39 is 11.4 Å². The van der Waals surface area contributed by atoms with Gasteiger partial charge in [-0.3, -0.25) is 29.4 Å². The predicted molar refractivity (Wildman–Crippen MR) is 99.1 cm³/mol. The average molecular weight is 373 g/mol. The van der Waals surface area contributed by atoms with Gasteiger partial charge in [0.2, 0.25) is 11.8 Å². The number of nitrogens with one attached hydrogen (secondary N) is 2. The molecular weight excluding hydrogens is 346 g/mol. The molecule has 7 heteroatoms. The standard InChI is InChI=1S/C20H27N3O4/c24-17(22-27-15-16-9-5-4-6-10-16)14-23-18(25)13-21-20(19(23)26)11-7-2-1-3-8-12-20/h4-6,9-10,21H,1-3,7-8,11-15H2,(H,22,24). The van der Waals surface area contributed by atoms with Gasteiger partial charge in [-0.25, -0.2) is 5.48 Å². The fourth-order valence-electron chi connectivity index (χ4n) is 3.80. The molecule has 1 spiro atoms. The van der Waals surface area contributed by atoms with Crippen LogP contribution in [0.15, 0.2) is 30.3 Å². The zero-order valence-electron chi connectivity index (χ0n) is 15.5. The zero-order valence-corrected chi connectivity index (χ0v) is 15.5. The van der Waals surface area contributed by atoms with E-state index in [1.165, 1.54) is 6.42 Å². The first kappa shape index (κ1) is 19.5. The topological polar surface area (TPSA) is 87.7 Å². The van der Waals surface area contributed by atoms with Crippen molar-refractivity contribution < 1.29 is 19.2 Å². The number of nitrogens with zero attached hydrogens (tertiary/aromatic N) is 1. The first-order valence-corrected chi connectivity index (χ1v) is 9.65. The summed E-state index contributed by atoms with van der Waals surface area (Å²) in [4.78, 5) is 43.7. The molecule has 27 heavy (non-hydrogen) atoms. The van der Waals surface area contributed by atoms with Crippen molar-refractivity contribution in [1.29, 1.82) is 0 Å². The first-order valence-electron chi connectivity index (χ1n) is 9.65. The molecule has 1 aromatic rings. The van der Waals surface area contributed by atoms with E-state index in [-0.39, 0.29) is 31.5 Å². The van der Waals surface area contributed by atoms with E-state index in [9.17, 15) is 14.4 Å². The van der Waals surface area contributed by atoms with Crippen molar-refractivity contribution in [3.05, 3.63) is 35.9 Å². The number of hydrogen-bond donors (Lipinski definition) is 2. The SMILES string of the molecule is O=C(CN1C(=O)CNC2(CCCCCCC2)C1=O)NOCc1ccccc1. The minimum atomic E-state index is -0.709. The van der Waals surface area contributed by atoms with Crippen molar-refractivity contribution in [1.82, 2.24) is 15.7 Å². The summed E-state index contributed by atoms with van der Waals surface area (Å²) in [5.74, 6) is -1.15. The van der Waals surface area contributed by atoms with Gasteiger partial charge in [-0.15, -0.1) is 0 Å². The van der Waals surface area contributed by atoms with Crippen LogP contribution in [0.3, 0.4) is 0 Å². The molecule has 0 bridgehead atoms. The molecule has 1 saturated heterocycles. The normalized spacial score (nSPS) is 20.2. The Labute approximate surface area is 159 Å². The molecule has 7 nitrogen and oxygen atoms in total. The Balaban J connectivity index is 1.56. The lowest BCUT2D eigenvalue weighted by Gasteiger charge is -2.42. The highest BCUT2D eigenvalue weighted by Crippen LogP contribution is 2.30. The van der Waals surface area contributed by atoms with Crippen molar-refractivity contribution in [2.24, 2.45) is 0 Å². The van der Waals surface area contributed by atoms with E-state index in [2.05, 4.69) is 10.8 Å². The third kappa shape index (κ3) is 4.93. The molecule has 2 N–H and O–H groups in total. The van der Waals surface area contributed by atoms with Crippen LogP contribution in [0.2, 0.25) is 0 Å². The van der Waals surface area contributed by atoms with Gasteiger partial charge >= 0.3 is 0 Å². The molecule has 1 aliphatic heterocycles. The second kappa shape index (κ2) is 9.10. The largest absolute Gasteiger partial charge is 0.295 e. The Bertz CT molecular complexity index is 669. The summed E-state index contributed by atoms with van der Waals surface area (Å²) in [6, 6.07) is 9.43. The van der Waals surface area contributed by atoms with Crippen molar-refractivity contribution in [2.75, 3.05) is 13.1 Å². The summed E-state index contributed by atoms with van der Waals surface area (Å²) in [5, 5.41) is 3.17. The van der Waals surface area contributed by atoms with Crippen LogP contribution in [0, 0.1) is 0 Å². The highest BCUT2D eigenvalue weighted by Gasteiger charge is 2.46. The molecule has 0 atom stereocenters. The van der Waals surface area contributed by atoms with Gasteiger partial charge in [-0.2, -0.15) is 0 Å². The number of piperazine rings is 1. The number of imide groups is 1. The Hall–Kier alpha value is -2.25. The van der Waals surface area contributed by atoms with E-state index in [0.29, 0.717) is 12.8 Å². The molecule has 146 valence electrons. The van der Waals surface area contributed by atoms with Crippen molar-refractivity contribution in [3.8, 4) is 0 Å².